The molecule has 190 valence electrons. The topological polar surface area (TPSA) is 118 Å². The van der Waals surface area contributed by atoms with Crippen LogP contribution in [0.1, 0.15) is 55.8 Å². The summed E-state index contributed by atoms with van der Waals surface area (Å²) in [6.45, 7) is 1.57. The second kappa shape index (κ2) is 9.32. The molecular weight excluding hydrogens is 525 g/mol. The van der Waals surface area contributed by atoms with Crippen LogP contribution in [0.15, 0.2) is 40.0 Å². The van der Waals surface area contributed by atoms with Crippen LogP contribution < -0.4 is 10.2 Å². The quantitative estimate of drug-likeness (QED) is 0.411. The molecule has 2 aromatic heterocycles. The van der Waals surface area contributed by atoms with E-state index in [4.69, 9.17) is 27.7 Å². The summed E-state index contributed by atoms with van der Waals surface area (Å²) in [6.07, 6.45) is 5.21. The van der Waals surface area contributed by atoms with Crippen molar-refractivity contribution in [3.63, 3.8) is 0 Å². The molecule has 1 aromatic carbocycles. The molecule has 36 heavy (non-hydrogen) atoms. The summed E-state index contributed by atoms with van der Waals surface area (Å²) in [7, 11) is -1.67. The van der Waals surface area contributed by atoms with Crippen molar-refractivity contribution in [2.75, 3.05) is 29.6 Å². The van der Waals surface area contributed by atoms with Crippen LogP contribution in [0, 0.1) is 0 Å². The van der Waals surface area contributed by atoms with Gasteiger partial charge in [0.25, 0.3) is 0 Å². The number of nitrogens with one attached hydrogen (secondary N) is 1. The van der Waals surface area contributed by atoms with Crippen LogP contribution in [0.3, 0.4) is 0 Å². The van der Waals surface area contributed by atoms with Gasteiger partial charge in [0.2, 0.25) is 11.8 Å². The van der Waals surface area contributed by atoms with E-state index in [1.165, 1.54) is 12.3 Å². The summed E-state index contributed by atoms with van der Waals surface area (Å²) in [5.74, 6) is 1.32. The maximum absolute atomic E-state index is 12.7. The van der Waals surface area contributed by atoms with Crippen LogP contribution >= 0.6 is 23.2 Å². The van der Waals surface area contributed by atoms with Gasteiger partial charge in [-0.3, -0.25) is 4.79 Å². The lowest BCUT2D eigenvalue weighted by atomic mass is 9.94. The minimum Gasteiger partial charge on any atom is -0.364 e. The number of benzene rings is 1. The first-order chi connectivity index (χ1) is 17.1. The molecule has 2 fully saturated rings. The number of likely N-dealkylation sites (N-methyl/N-ethyl adjacent to an activating group) is 1. The van der Waals surface area contributed by atoms with E-state index < -0.39 is 15.3 Å². The lowest BCUT2D eigenvalue weighted by Crippen LogP contribution is -2.30. The van der Waals surface area contributed by atoms with Crippen molar-refractivity contribution in [2.24, 2.45) is 0 Å². The summed E-state index contributed by atoms with van der Waals surface area (Å²) in [5, 5.41) is 7.89. The largest absolute Gasteiger partial charge is 0.364 e. The van der Waals surface area contributed by atoms with Crippen molar-refractivity contribution in [2.45, 2.75) is 49.0 Å². The van der Waals surface area contributed by atoms with Crippen molar-refractivity contribution >= 4 is 50.3 Å². The predicted octanol–water partition coefficient (Wildman–Crippen LogP) is 4.60. The number of rotatable bonds is 9. The fraction of sp³-hybridized carbons (Fsp3) is 0.417. The number of hydrogen-bond donors (Lipinski definition) is 1. The highest BCUT2D eigenvalue weighted by molar-refractivity contribution is 7.91. The Labute approximate surface area is 219 Å². The van der Waals surface area contributed by atoms with Crippen molar-refractivity contribution in [1.82, 2.24) is 15.1 Å². The van der Waals surface area contributed by atoms with Gasteiger partial charge in [0.1, 0.15) is 0 Å². The van der Waals surface area contributed by atoms with Crippen LogP contribution in [0.5, 0.6) is 0 Å². The van der Waals surface area contributed by atoms with Gasteiger partial charge < -0.3 is 14.7 Å². The van der Waals surface area contributed by atoms with E-state index in [1.54, 1.807) is 37.1 Å². The minimum atomic E-state index is -3.39. The number of sulfone groups is 1. The zero-order valence-corrected chi connectivity index (χ0v) is 22.1. The molecule has 0 aliphatic heterocycles. The first kappa shape index (κ1) is 25.0. The molecule has 9 nitrogen and oxygen atoms in total. The van der Waals surface area contributed by atoms with Crippen LogP contribution in [0.2, 0.25) is 10.0 Å². The molecule has 3 aromatic rings. The van der Waals surface area contributed by atoms with Gasteiger partial charge in [-0.1, -0.05) is 35.3 Å². The highest BCUT2D eigenvalue weighted by Crippen LogP contribution is 2.57. The monoisotopic (exact) mass is 549 g/mol. The number of hydrogen-bond acceptors (Lipinski definition) is 8. The number of aromatic nitrogens is 3. The number of pyridine rings is 1. The number of carbonyl (C=O) groups is 1. The standard InChI is InChI=1S/C24H25Cl2N5O4S/c1-3-36(33,34)20-7-6-16(12-27-20)31(2)13-19(32)28-15-10-17(25)21(18(26)11-15)24(8-9-24)23-29-22(35-30-23)14-4-5-14/h6-7,10-12,14H,3-5,8-9,13H2,1-2H3,(H,28,32). The van der Waals surface area contributed by atoms with Crippen LogP contribution in [-0.2, 0) is 20.0 Å². The third kappa shape index (κ3) is 4.81. The Morgan fingerprint density at radius 2 is 1.92 bits per heavy atom. The average molecular weight is 550 g/mol. The molecule has 2 heterocycles. The minimum absolute atomic E-state index is 0.00833. The summed E-state index contributed by atoms with van der Waals surface area (Å²) in [5.41, 5.74) is 1.36. The molecule has 0 unspecified atom stereocenters. The van der Waals surface area contributed by atoms with E-state index in [9.17, 15) is 13.2 Å². The first-order valence-electron chi connectivity index (χ1n) is 11.7. The molecule has 0 bridgehead atoms. The Morgan fingerprint density at radius 3 is 2.47 bits per heavy atom. The number of amides is 1. The van der Waals surface area contributed by atoms with Gasteiger partial charge in [0.05, 0.1) is 29.6 Å². The summed E-state index contributed by atoms with van der Waals surface area (Å²) in [6, 6.07) is 6.40. The lowest BCUT2D eigenvalue weighted by Gasteiger charge is -2.20. The van der Waals surface area contributed by atoms with E-state index >= 15 is 0 Å². The van der Waals surface area contributed by atoms with Crippen LogP contribution in [0.4, 0.5) is 11.4 Å². The Kier molecular flexibility index (Phi) is 6.46. The van der Waals surface area contributed by atoms with Crippen molar-refractivity contribution in [3.05, 3.63) is 57.8 Å². The molecule has 1 N–H and O–H groups in total. The molecule has 5 rings (SSSR count). The maximum atomic E-state index is 12.7. The van der Waals surface area contributed by atoms with Gasteiger partial charge in [0.15, 0.2) is 20.7 Å². The molecule has 12 heteroatoms. The summed E-state index contributed by atoms with van der Waals surface area (Å²) in [4.78, 5) is 23.0. The molecule has 0 radical (unpaired) electrons. The van der Waals surface area contributed by atoms with Crippen LogP contribution in [-0.4, -0.2) is 48.8 Å². The SMILES string of the molecule is CCS(=O)(=O)c1ccc(N(C)CC(=O)Nc2cc(Cl)c(C3(c4noc(C5CC5)n4)CC3)c(Cl)c2)cn1. The molecule has 0 atom stereocenters. The van der Waals surface area contributed by atoms with Gasteiger partial charge in [-0.25, -0.2) is 13.4 Å². The Balaban J connectivity index is 1.27. The van der Waals surface area contributed by atoms with Crippen molar-refractivity contribution in [3.8, 4) is 0 Å². The number of carbonyl (C=O) groups excluding carboxylic acids is 1. The molecule has 2 aliphatic rings. The van der Waals surface area contributed by atoms with Gasteiger partial charge in [-0.15, -0.1) is 0 Å². The molecule has 2 saturated carbocycles. The van der Waals surface area contributed by atoms with Gasteiger partial charge >= 0.3 is 0 Å². The molecule has 2 aliphatic carbocycles. The van der Waals surface area contributed by atoms with E-state index in [0.29, 0.717) is 39.1 Å². The zero-order valence-electron chi connectivity index (χ0n) is 19.8. The first-order valence-corrected chi connectivity index (χ1v) is 14.1. The zero-order chi connectivity index (χ0) is 25.7. The molecule has 0 saturated heterocycles. The van der Waals surface area contributed by atoms with Gasteiger partial charge in [0, 0.05) is 34.3 Å². The smallest absolute Gasteiger partial charge is 0.243 e. The third-order valence-corrected chi connectivity index (χ3v) is 8.83. The van der Waals surface area contributed by atoms with Crippen molar-refractivity contribution < 1.29 is 17.7 Å². The summed E-state index contributed by atoms with van der Waals surface area (Å²) < 4.78 is 29.3. The highest BCUT2D eigenvalue weighted by Gasteiger charge is 2.53. The van der Waals surface area contributed by atoms with E-state index in [1.807, 2.05) is 0 Å². The van der Waals surface area contributed by atoms with Crippen LogP contribution in [0.25, 0.3) is 0 Å². The fourth-order valence-electron chi connectivity index (χ4n) is 4.18. The third-order valence-electron chi connectivity index (χ3n) is 6.59. The van der Waals surface area contributed by atoms with E-state index in [0.717, 1.165) is 31.2 Å². The maximum Gasteiger partial charge on any atom is 0.243 e. The molecular formula is C24H25Cl2N5O4S. The summed E-state index contributed by atoms with van der Waals surface area (Å²) >= 11 is 13.3. The predicted molar refractivity (Wildman–Crippen MR) is 137 cm³/mol. The molecule has 0 spiro atoms. The number of halogens is 2. The van der Waals surface area contributed by atoms with Gasteiger partial charge in [-0.2, -0.15) is 4.98 Å². The highest BCUT2D eigenvalue weighted by atomic mass is 35.5. The van der Waals surface area contributed by atoms with E-state index in [-0.39, 0.29) is 23.2 Å². The Hall–Kier alpha value is -2.69. The second-order valence-electron chi connectivity index (χ2n) is 9.29. The average Bonchev–Trinajstić information content (AvgIpc) is 3.78. The number of nitrogens with zero attached hydrogens (tertiary/aromatic N) is 4. The fourth-order valence-corrected chi connectivity index (χ4v) is 5.81. The lowest BCUT2D eigenvalue weighted by molar-refractivity contribution is -0.114. The Bertz CT molecular complexity index is 1390. The number of anilines is 2. The normalized spacial score (nSPS) is 16.6. The second-order valence-corrected chi connectivity index (χ2v) is 12.3. The Morgan fingerprint density at radius 1 is 1.22 bits per heavy atom. The van der Waals surface area contributed by atoms with E-state index in [2.05, 4.69) is 20.4 Å². The molecule has 1 amide bonds. The van der Waals surface area contributed by atoms with Gasteiger partial charge in [-0.05, 0) is 49.9 Å². The van der Waals surface area contributed by atoms with Crippen molar-refractivity contribution in [1.29, 1.82) is 0 Å².